The van der Waals surface area contributed by atoms with Gasteiger partial charge in [0.15, 0.2) is 0 Å². The summed E-state index contributed by atoms with van der Waals surface area (Å²) in [5, 5.41) is 0. The predicted molar refractivity (Wildman–Crippen MR) is 34.6 cm³/mol. The fourth-order valence-corrected chi connectivity index (χ4v) is 1.53. The summed E-state index contributed by atoms with van der Waals surface area (Å²) in [4.78, 5) is 0. The third kappa shape index (κ3) is 1.93. The molecule has 10 heavy (non-hydrogen) atoms. The van der Waals surface area contributed by atoms with Gasteiger partial charge in [-0.15, -0.1) is 0 Å². The van der Waals surface area contributed by atoms with Gasteiger partial charge in [0.25, 0.3) is 0 Å². The first kappa shape index (κ1) is 7.97. The van der Waals surface area contributed by atoms with Crippen molar-refractivity contribution in [3.8, 4) is 0 Å². The molecule has 0 amide bonds. The number of hydrogen-bond acceptors (Lipinski definition) is 4. The zero-order valence-electron chi connectivity index (χ0n) is 5.96. The summed E-state index contributed by atoms with van der Waals surface area (Å²) in [7, 11) is -3.65. The average molecular weight is 166 g/mol. The SMILES string of the molecule is CC1(C)COS(=O)(=O)OC1. The molecule has 1 fully saturated rings. The van der Waals surface area contributed by atoms with Crippen LogP contribution in [-0.2, 0) is 18.8 Å². The van der Waals surface area contributed by atoms with Crippen LogP contribution in [0, 0.1) is 5.41 Å². The van der Waals surface area contributed by atoms with E-state index in [9.17, 15) is 8.42 Å². The Morgan fingerprint density at radius 2 is 1.60 bits per heavy atom. The minimum absolute atomic E-state index is 0.189. The summed E-state index contributed by atoms with van der Waals surface area (Å²) in [6.45, 7) is 4.16. The van der Waals surface area contributed by atoms with E-state index < -0.39 is 10.4 Å². The molecule has 0 N–H and O–H groups in total. The molecule has 0 aromatic rings. The summed E-state index contributed by atoms with van der Waals surface area (Å²) < 4.78 is 29.8. The molecule has 0 unspecified atom stereocenters. The first-order valence-electron chi connectivity index (χ1n) is 2.95. The van der Waals surface area contributed by atoms with E-state index in [1.807, 2.05) is 13.8 Å². The van der Waals surface area contributed by atoms with Gasteiger partial charge < -0.3 is 0 Å². The minimum Gasteiger partial charge on any atom is -0.248 e. The largest absolute Gasteiger partial charge is 0.399 e. The molecule has 5 heteroatoms. The van der Waals surface area contributed by atoms with Crippen LogP contribution in [0.3, 0.4) is 0 Å². The van der Waals surface area contributed by atoms with Crippen LogP contribution < -0.4 is 0 Å². The second-order valence-electron chi connectivity index (χ2n) is 3.10. The maximum absolute atomic E-state index is 10.5. The summed E-state index contributed by atoms with van der Waals surface area (Å²) in [5.41, 5.74) is -0.189. The van der Waals surface area contributed by atoms with Crippen molar-refractivity contribution in [2.45, 2.75) is 13.8 Å². The van der Waals surface area contributed by atoms with Gasteiger partial charge in [0, 0.05) is 5.41 Å². The Morgan fingerprint density at radius 3 is 1.90 bits per heavy atom. The van der Waals surface area contributed by atoms with Gasteiger partial charge >= 0.3 is 10.4 Å². The molecule has 1 heterocycles. The molecular formula is C5H10O4S. The average Bonchev–Trinajstić information content (AvgIpc) is 1.79. The van der Waals surface area contributed by atoms with E-state index in [1.54, 1.807) is 0 Å². The lowest BCUT2D eigenvalue weighted by atomic mass is 9.97. The van der Waals surface area contributed by atoms with Crippen LogP contribution in [0.5, 0.6) is 0 Å². The Balaban J connectivity index is 2.63. The molecule has 0 radical (unpaired) electrons. The van der Waals surface area contributed by atoms with Crippen LogP contribution in [0.25, 0.3) is 0 Å². The maximum atomic E-state index is 10.5. The van der Waals surface area contributed by atoms with Gasteiger partial charge in [-0.2, -0.15) is 8.42 Å². The molecule has 0 spiro atoms. The smallest absolute Gasteiger partial charge is 0.248 e. The van der Waals surface area contributed by atoms with Gasteiger partial charge in [0.2, 0.25) is 0 Å². The Bertz CT molecular complexity index is 200. The number of hydrogen-bond donors (Lipinski definition) is 0. The van der Waals surface area contributed by atoms with Gasteiger partial charge in [0.1, 0.15) is 0 Å². The molecule has 1 saturated heterocycles. The number of rotatable bonds is 0. The summed E-state index contributed by atoms with van der Waals surface area (Å²) in [6.07, 6.45) is 0. The van der Waals surface area contributed by atoms with E-state index >= 15 is 0 Å². The molecule has 4 nitrogen and oxygen atoms in total. The molecule has 1 rings (SSSR count). The van der Waals surface area contributed by atoms with Crippen molar-refractivity contribution < 1.29 is 16.8 Å². The van der Waals surface area contributed by atoms with Gasteiger partial charge in [-0.25, -0.2) is 8.37 Å². The van der Waals surface area contributed by atoms with Crippen molar-refractivity contribution in [1.82, 2.24) is 0 Å². The van der Waals surface area contributed by atoms with Crippen molar-refractivity contribution in [2.75, 3.05) is 13.2 Å². The molecule has 60 valence electrons. The first-order valence-corrected chi connectivity index (χ1v) is 4.28. The van der Waals surface area contributed by atoms with E-state index in [4.69, 9.17) is 0 Å². The summed E-state index contributed by atoms with van der Waals surface area (Å²) in [6, 6.07) is 0. The molecule has 0 saturated carbocycles. The van der Waals surface area contributed by atoms with Crippen molar-refractivity contribution in [3.05, 3.63) is 0 Å². The van der Waals surface area contributed by atoms with Crippen LogP contribution in [0.4, 0.5) is 0 Å². The Kier molecular flexibility index (Phi) is 1.74. The second kappa shape index (κ2) is 2.18. The van der Waals surface area contributed by atoms with Crippen molar-refractivity contribution in [2.24, 2.45) is 5.41 Å². The quantitative estimate of drug-likeness (QED) is 0.519. The van der Waals surface area contributed by atoms with Crippen LogP contribution in [-0.4, -0.2) is 21.6 Å². The van der Waals surface area contributed by atoms with Crippen molar-refractivity contribution in [1.29, 1.82) is 0 Å². The van der Waals surface area contributed by atoms with Gasteiger partial charge in [0.05, 0.1) is 13.2 Å². The monoisotopic (exact) mass is 166 g/mol. The van der Waals surface area contributed by atoms with E-state index in [0.717, 1.165) is 0 Å². The third-order valence-electron chi connectivity index (χ3n) is 1.19. The van der Waals surface area contributed by atoms with E-state index in [2.05, 4.69) is 8.37 Å². The summed E-state index contributed by atoms with van der Waals surface area (Å²) in [5.74, 6) is 0. The van der Waals surface area contributed by atoms with Crippen molar-refractivity contribution >= 4 is 10.4 Å². The van der Waals surface area contributed by atoms with Gasteiger partial charge in [-0.1, -0.05) is 13.8 Å². The van der Waals surface area contributed by atoms with Crippen LogP contribution in [0.15, 0.2) is 0 Å². The Labute approximate surface area is 60.5 Å². The highest BCUT2D eigenvalue weighted by atomic mass is 32.3. The maximum Gasteiger partial charge on any atom is 0.399 e. The van der Waals surface area contributed by atoms with Crippen molar-refractivity contribution in [3.63, 3.8) is 0 Å². The molecule has 0 aliphatic carbocycles. The zero-order chi connectivity index (χ0) is 7.83. The highest BCUT2D eigenvalue weighted by Crippen LogP contribution is 2.23. The topological polar surface area (TPSA) is 52.6 Å². The van der Waals surface area contributed by atoms with E-state index in [1.165, 1.54) is 0 Å². The first-order chi connectivity index (χ1) is 4.41. The molecular weight excluding hydrogens is 156 g/mol. The molecule has 0 aromatic heterocycles. The molecule has 1 aliphatic rings. The summed E-state index contributed by atoms with van der Waals surface area (Å²) >= 11 is 0. The third-order valence-corrected chi connectivity index (χ3v) is 2.00. The Morgan fingerprint density at radius 1 is 1.20 bits per heavy atom. The standard InChI is InChI=1S/C5H10O4S/c1-5(2)3-8-10(6,7)9-4-5/h3-4H2,1-2H3. The zero-order valence-corrected chi connectivity index (χ0v) is 6.77. The highest BCUT2D eigenvalue weighted by molar-refractivity contribution is 7.81. The second-order valence-corrected chi connectivity index (χ2v) is 4.38. The van der Waals surface area contributed by atoms with Gasteiger partial charge in [-0.05, 0) is 0 Å². The predicted octanol–water partition coefficient (Wildman–Crippen LogP) is 0.304. The van der Waals surface area contributed by atoms with E-state index in [0.29, 0.717) is 0 Å². The lowest BCUT2D eigenvalue weighted by Gasteiger charge is -2.27. The van der Waals surface area contributed by atoms with Gasteiger partial charge in [-0.3, -0.25) is 0 Å². The van der Waals surface area contributed by atoms with E-state index in [-0.39, 0.29) is 18.6 Å². The lowest BCUT2D eigenvalue weighted by Crippen LogP contribution is -2.34. The normalized spacial score (nSPS) is 29.8. The van der Waals surface area contributed by atoms with Crippen LogP contribution >= 0.6 is 0 Å². The molecule has 0 aromatic carbocycles. The molecule has 0 atom stereocenters. The lowest BCUT2D eigenvalue weighted by molar-refractivity contribution is 0.0501. The highest BCUT2D eigenvalue weighted by Gasteiger charge is 2.30. The van der Waals surface area contributed by atoms with Crippen LogP contribution in [0.2, 0.25) is 0 Å². The molecule has 0 bridgehead atoms. The fraction of sp³-hybridized carbons (Fsp3) is 1.00. The minimum atomic E-state index is -3.65. The van der Waals surface area contributed by atoms with Crippen LogP contribution in [0.1, 0.15) is 13.8 Å². The fourth-order valence-electron chi connectivity index (χ4n) is 0.539. The Hall–Kier alpha value is -0.130. The molecule has 1 aliphatic heterocycles.